The number of nitrogens with one attached hydrogen (secondary N) is 1. The van der Waals surface area contributed by atoms with Crippen LogP contribution in [0.2, 0.25) is 0 Å². The predicted molar refractivity (Wildman–Crippen MR) is 120 cm³/mol. The van der Waals surface area contributed by atoms with E-state index in [4.69, 9.17) is 27.4 Å². The molecule has 30 heavy (non-hydrogen) atoms. The summed E-state index contributed by atoms with van der Waals surface area (Å²) in [7, 11) is 2.85. The summed E-state index contributed by atoms with van der Waals surface area (Å²) in [5.74, 6) is 0.984. The van der Waals surface area contributed by atoms with Gasteiger partial charge in [-0.25, -0.2) is 0 Å². The molecule has 3 N–H and O–H groups in total. The monoisotopic (exact) mass is 444 g/mol. The normalized spacial score (nSPS) is 15.6. The van der Waals surface area contributed by atoms with E-state index in [9.17, 15) is 9.59 Å². The average molecular weight is 445 g/mol. The quantitative estimate of drug-likeness (QED) is 0.382. The molecule has 1 fully saturated rings. The number of esters is 1. The smallest absolute Gasteiger partial charge is 0.322 e. The van der Waals surface area contributed by atoms with Crippen LogP contribution in [0, 0.1) is 0 Å². The first-order valence-corrected chi connectivity index (χ1v) is 10.1. The van der Waals surface area contributed by atoms with E-state index in [2.05, 4.69) is 10.1 Å². The van der Waals surface area contributed by atoms with Gasteiger partial charge in [0.25, 0.3) is 5.91 Å². The Morgan fingerprint density at radius 3 is 2.53 bits per heavy atom. The molecular weight excluding hydrogens is 424 g/mol. The summed E-state index contributed by atoms with van der Waals surface area (Å²) >= 11 is 6.22. The Balaban J connectivity index is 1.72. The van der Waals surface area contributed by atoms with Crippen LogP contribution in [0.1, 0.15) is 11.1 Å². The number of methoxy groups -OCH3 is 2. The first-order chi connectivity index (χ1) is 14.4. The van der Waals surface area contributed by atoms with Crippen molar-refractivity contribution >= 4 is 46.3 Å². The molecule has 2 aromatic rings. The number of thiocarbonyl (C=S) groups is 1. The van der Waals surface area contributed by atoms with Gasteiger partial charge < -0.3 is 25.3 Å². The van der Waals surface area contributed by atoms with Gasteiger partial charge in [-0.2, -0.15) is 0 Å². The van der Waals surface area contributed by atoms with Crippen LogP contribution in [0.5, 0.6) is 17.2 Å². The van der Waals surface area contributed by atoms with Crippen LogP contribution in [-0.4, -0.2) is 36.5 Å². The fraction of sp³-hybridized carbons (Fsp3) is 0.190. The van der Waals surface area contributed by atoms with Crippen LogP contribution in [0.3, 0.4) is 0 Å². The maximum atomic E-state index is 11.8. The lowest BCUT2D eigenvalue weighted by molar-refractivity contribution is -0.142. The maximum absolute atomic E-state index is 11.8. The van der Waals surface area contributed by atoms with Gasteiger partial charge in [0.15, 0.2) is 11.5 Å². The summed E-state index contributed by atoms with van der Waals surface area (Å²) in [5.41, 5.74) is 7.46. The number of amides is 1. The fourth-order valence-electron chi connectivity index (χ4n) is 2.74. The van der Waals surface area contributed by atoms with Gasteiger partial charge in [0.2, 0.25) is 0 Å². The minimum Gasteiger partial charge on any atom is -0.493 e. The molecule has 1 atom stereocenters. The largest absolute Gasteiger partial charge is 0.493 e. The Labute approximate surface area is 183 Å². The lowest BCUT2D eigenvalue weighted by atomic mass is 10.1. The van der Waals surface area contributed by atoms with Gasteiger partial charge in [0, 0.05) is 0 Å². The molecule has 7 nitrogen and oxygen atoms in total. The highest BCUT2D eigenvalue weighted by Gasteiger charge is 2.22. The van der Waals surface area contributed by atoms with Crippen LogP contribution in [-0.2, 0) is 20.7 Å². The second kappa shape index (κ2) is 9.75. The van der Waals surface area contributed by atoms with E-state index in [-0.39, 0.29) is 5.91 Å². The number of hydrogen-bond donors (Lipinski definition) is 2. The SMILES string of the molecule is COC(=O)[C@@H](N)Cc1ccc(Oc2ccc(C=C3SC(=S)NC3=O)cc2OC)cc1. The molecule has 0 aromatic heterocycles. The number of thioether (sulfide) groups is 1. The van der Waals surface area contributed by atoms with E-state index in [0.717, 1.165) is 11.1 Å². The van der Waals surface area contributed by atoms with Gasteiger partial charge in [0.1, 0.15) is 16.1 Å². The third-order valence-electron chi connectivity index (χ3n) is 4.24. The molecule has 0 aliphatic carbocycles. The van der Waals surface area contributed by atoms with E-state index >= 15 is 0 Å². The molecule has 2 aromatic carbocycles. The van der Waals surface area contributed by atoms with Crippen LogP contribution >= 0.6 is 24.0 Å². The topological polar surface area (TPSA) is 99.9 Å². The number of nitrogens with two attached hydrogens (primary N) is 1. The zero-order valence-electron chi connectivity index (χ0n) is 16.3. The van der Waals surface area contributed by atoms with Crippen molar-refractivity contribution in [3.63, 3.8) is 0 Å². The van der Waals surface area contributed by atoms with Crippen molar-refractivity contribution in [3.8, 4) is 17.2 Å². The Kier molecular flexibility index (Phi) is 7.09. The standard InChI is InChI=1S/C21H20N2O5S2/c1-26-17-10-13(11-18-19(24)23-21(29)30-18)5-8-16(17)28-14-6-3-12(4-7-14)9-15(22)20(25)27-2/h3-8,10-11,15H,9,22H2,1-2H3,(H,23,24,29)/t15-/m0/s1. The first-order valence-electron chi connectivity index (χ1n) is 8.92. The van der Waals surface area contributed by atoms with E-state index in [1.807, 2.05) is 18.2 Å². The zero-order valence-corrected chi connectivity index (χ0v) is 18.0. The third kappa shape index (κ3) is 5.38. The summed E-state index contributed by atoms with van der Waals surface area (Å²) < 4.78 is 16.4. The number of rotatable bonds is 7. The highest BCUT2D eigenvalue weighted by molar-refractivity contribution is 8.26. The van der Waals surface area contributed by atoms with Gasteiger partial charge in [0.05, 0.1) is 19.1 Å². The number of hydrogen-bond acceptors (Lipinski definition) is 8. The molecule has 156 valence electrons. The van der Waals surface area contributed by atoms with Gasteiger partial charge in [-0.15, -0.1) is 0 Å². The summed E-state index contributed by atoms with van der Waals surface area (Å²) in [6, 6.07) is 11.9. The lowest BCUT2D eigenvalue weighted by Crippen LogP contribution is -2.33. The fourth-order valence-corrected chi connectivity index (χ4v) is 3.78. The Morgan fingerprint density at radius 1 is 1.20 bits per heavy atom. The van der Waals surface area contributed by atoms with Crippen molar-refractivity contribution in [2.75, 3.05) is 14.2 Å². The zero-order chi connectivity index (χ0) is 21.7. The molecule has 9 heteroatoms. The molecule has 0 saturated carbocycles. The van der Waals surface area contributed by atoms with Crippen LogP contribution < -0.4 is 20.5 Å². The molecule has 0 spiro atoms. The highest BCUT2D eigenvalue weighted by atomic mass is 32.2. The summed E-state index contributed by atoms with van der Waals surface area (Å²) in [6.07, 6.45) is 2.11. The van der Waals surface area contributed by atoms with E-state index in [0.29, 0.717) is 32.9 Å². The van der Waals surface area contributed by atoms with Crippen molar-refractivity contribution in [1.82, 2.24) is 5.32 Å². The van der Waals surface area contributed by atoms with E-state index in [1.54, 1.807) is 37.5 Å². The van der Waals surface area contributed by atoms with E-state index in [1.165, 1.54) is 18.9 Å². The third-order valence-corrected chi connectivity index (χ3v) is 5.40. The predicted octanol–water partition coefficient (Wildman–Crippen LogP) is 3.02. The number of carbonyl (C=O) groups excluding carboxylic acids is 2. The molecule has 0 radical (unpaired) electrons. The van der Waals surface area contributed by atoms with Crippen molar-refractivity contribution in [2.45, 2.75) is 12.5 Å². The summed E-state index contributed by atoms with van der Waals surface area (Å²) in [6.45, 7) is 0. The second-order valence-electron chi connectivity index (χ2n) is 6.34. The molecule has 3 rings (SSSR count). The van der Waals surface area contributed by atoms with Crippen molar-refractivity contribution in [1.29, 1.82) is 0 Å². The molecule has 1 aliphatic heterocycles. The molecule has 1 amide bonds. The van der Waals surface area contributed by atoms with Gasteiger partial charge in [-0.05, 0) is 47.9 Å². The van der Waals surface area contributed by atoms with Crippen LogP contribution in [0.15, 0.2) is 47.4 Å². The van der Waals surface area contributed by atoms with E-state index < -0.39 is 12.0 Å². The Morgan fingerprint density at radius 2 is 1.93 bits per heavy atom. The number of benzene rings is 2. The van der Waals surface area contributed by atoms with Crippen LogP contribution in [0.4, 0.5) is 0 Å². The molecule has 0 unspecified atom stereocenters. The second-order valence-corrected chi connectivity index (χ2v) is 8.06. The summed E-state index contributed by atoms with van der Waals surface area (Å²) in [5, 5.41) is 2.58. The lowest BCUT2D eigenvalue weighted by Gasteiger charge is -2.12. The summed E-state index contributed by atoms with van der Waals surface area (Å²) in [4.78, 5) is 23.8. The Hall–Kier alpha value is -2.88. The van der Waals surface area contributed by atoms with Crippen molar-refractivity contribution in [3.05, 3.63) is 58.5 Å². The molecule has 1 saturated heterocycles. The average Bonchev–Trinajstić information content (AvgIpc) is 3.06. The maximum Gasteiger partial charge on any atom is 0.322 e. The molecular formula is C21H20N2O5S2. The number of carbonyl (C=O) groups is 2. The van der Waals surface area contributed by atoms with Gasteiger partial charge in [-0.1, -0.05) is 42.2 Å². The molecule has 0 bridgehead atoms. The highest BCUT2D eigenvalue weighted by Crippen LogP contribution is 2.34. The van der Waals surface area contributed by atoms with Gasteiger partial charge in [-0.3, -0.25) is 9.59 Å². The van der Waals surface area contributed by atoms with Crippen molar-refractivity contribution in [2.24, 2.45) is 5.73 Å². The number of ether oxygens (including phenoxy) is 3. The minimum atomic E-state index is -0.710. The Bertz CT molecular complexity index is 1000. The van der Waals surface area contributed by atoms with Gasteiger partial charge >= 0.3 is 5.97 Å². The minimum absolute atomic E-state index is 0.212. The van der Waals surface area contributed by atoms with Crippen LogP contribution in [0.25, 0.3) is 6.08 Å². The van der Waals surface area contributed by atoms with Crippen molar-refractivity contribution < 1.29 is 23.8 Å². The molecule has 1 heterocycles. The molecule has 1 aliphatic rings. The first kappa shape index (κ1) is 21.8.